The van der Waals surface area contributed by atoms with Crippen molar-refractivity contribution in [2.75, 3.05) is 5.32 Å². The van der Waals surface area contributed by atoms with Crippen LogP contribution in [0.5, 0.6) is 0 Å². The summed E-state index contributed by atoms with van der Waals surface area (Å²) >= 11 is 1.63. The molecule has 2 aliphatic carbocycles. The molecule has 104 valence electrons. The van der Waals surface area contributed by atoms with E-state index in [0.29, 0.717) is 0 Å². The number of rotatable bonds is 2. The molecule has 5 heteroatoms. The fraction of sp³-hybridized carbons (Fsp3) is 0.714. The van der Waals surface area contributed by atoms with Gasteiger partial charge in [-0.05, 0) is 38.5 Å². The molecule has 0 atom stereocenters. The van der Waals surface area contributed by atoms with Gasteiger partial charge in [-0.25, -0.2) is 4.98 Å². The van der Waals surface area contributed by atoms with E-state index in [1.54, 1.807) is 11.3 Å². The van der Waals surface area contributed by atoms with Crippen molar-refractivity contribution < 1.29 is 4.79 Å². The number of fused-ring (bicyclic) bond motifs is 1. The number of hydrogen-bond acceptors (Lipinski definition) is 4. The van der Waals surface area contributed by atoms with Gasteiger partial charge < -0.3 is 11.1 Å². The van der Waals surface area contributed by atoms with E-state index in [1.807, 2.05) is 0 Å². The number of hydrogen-bond donors (Lipinski definition) is 2. The summed E-state index contributed by atoms with van der Waals surface area (Å²) in [7, 11) is 0. The molecule has 0 aliphatic heterocycles. The van der Waals surface area contributed by atoms with Gasteiger partial charge in [0.05, 0.1) is 11.2 Å². The maximum absolute atomic E-state index is 12.3. The average Bonchev–Trinajstić information content (AvgIpc) is 2.81. The summed E-state index contributed by atoms with van der Waals surface area (Å²) in [5, 5.41) is 3.70. The minimum atomic E-state index is -0.676. The Labute approximate surface area is 117 Å². The number of aromatic nitrogens is 1. The summed E-state index contributed by atoms with van der Waals surface area (Å²) < 4.78 is 0. The fourth-order valence-electron chi connectivity index (χ4n) is 3.04. The van der Waals surface area contributed by atoms with E-state index >= 15 is 0 Å². The standard InChI is InChI=1S/C14H21N3OS/c15-14(8-4-1-5-9-14)12(18)17-13-16-10-6-2-3-7-11(10)19-13/h1-9,15H2,(H,16,17,18). The van der Waals surface area contributed by atoms with E-state index in [4.69, 9.17) is 5.73 Å². The molecule has 1 aromatic rings. The molecule has 0 unspecified atom stereocenters. The smallest absolute Gasteiger partial charge is 0.246 e. The number of nitrogens with two attached hydrogens (primary N) is 1. The van der Waals surface area contributed by atoms with Crippen molar-refractivity contribution in [3.63, 3.8) is 0 Å². The highest BCUT2D eigenvalue weighted by atomic mass is 32.1. The number of carbonyl (C=O) groups is 1. The highest BCUT2D eigenvalue weighted by molar-refractivity contribution is 7.15. The summed E-state index contributed by atoms with van der Waals surface area (Å²) in [6.07, 6.45) is 9.50. The van der Waals surface area contributed by atoms with Crippen LogP contribution in [-0.2, 0) is 17.6 Å². The monoisotopic (exact) mass is 279 g/mol. The van der Waals surface area contributed by atoms with Crippen LogP contribution in [-0.4, -0.2) is 16.4 Å². The molecule has 1 aromatic heterocycles. The zero-order valence-electron chi connectivity index (χ0n) is 11.2. The van der Waals surface area contributed by atoms with Gasteiger partial charge in [-0.3, -0.25) is 4.79 Å². The molecule has 3 rings (SSSR count). The second kappa shape index (κ2) is 5.21. The summed E-state index contributed by atoms with van der Waals surface area (Å²) in [5.41, 5.74) is 6.74. The number of carbonyl (C=O) groups excluding carboxylic acids is 1. The Bertz CT molecular complexity index is 454. The maximum atomic E-state index is 12.3. The third kappa shape index (κ3) is 2.67. The molecule has 1 amide bonds. The molecule has 19 heavy (non-hydrogen) atoms. The third-order valence-electron chi connectivity index (χ3n) is 4.26. The second-order valence-corrected chi connectivity index (χ2v) is 6.85. The Balaban J connectivity index is 1.70. The number of aryl methyl sites for hydroxylation is 2. The molecular formula is C14H21N3OS. The first-order valence-electron chi connectivity index (χ1n) is 7.26. The molecule has 0 aromatic carbocycles. The van der Waals surface area contributed by atoms with Gasteiger partial charge in [0.1, 0.15) is 0 Å². The number of nitrogens with zero attached hydrogens (tertiary/aromatic N) is 1. The molecule has 0 saturated heterocycles. The molecular weight excluding hydrogens is 258 g/mol. The second-order valence-electron chi connectivity index (χ2n) is 5.77. The van der Waals surface area contributed by atoms with Gasteiger partial charge in [0.2, 0.25) is 5.91 Å². The summed E-state index contributed by atoms with van der Waals surface area (Å²) in [4.78, 5) is 18.2. The highest BCUT2D eigenvalue weighted by Crippen LogP contribution is 2.31. The van der Waals surface area contributed by atoms with E-state index in [1.165, 1.54) is 29.8 Å². The molecule has 1 heterocycles. The van der Waals surface area contributed by atoms with Crippen LogP contribution in [0, 0.1) is 0 Å². The minimum absolute atomic E-state index is 0.0432. The predicted molar refractivity (Wildman–Crippen MR) is 77.4 cm³/mol. The van der Waals surface area contributed by atoms with Crippen LogP contribution in [0.15, 0.2) is 0 Å². The molecule has 1 fully saturated rings. The molecule has 0 radical (unpaired) electrons. The predicted octanol–water partition coefficient (Wildman–Crippen LogP) is 2.62. The average molecular weight is 279 g/mol. The number of amides is 1. The van der Waals surface area contributed by atoms with Crippen LogP contribution in [0.25, 0.3) is 0 Å². The van der Waals surface area contributed by atoms with Crippen molar-refractivity contribution in [2.24, 2.45) is 5.73 Å². The lowest BCUT2D eigenvalue weighted by Crippen LogP contribution is -2.52. The highest BCUT2D eigenvalue weighted by Gasteiger charge is 2.35. The summed E-state index contributed by atoms with van der Waals surface area (Å²) in [6, 6.07) is 0. The first-order valence-corrected chi connectivity index (χ1v) is 8.08. The van der Waals surface area contributed by atoms with Gasteiger partial charge in [0.25, 0.3) is 0 Å². The van der Waals surface area contributed by atoms with Crippen molar-refractivity contribution in [1.29, 1.82) is 0 Å². The normalized spacial score (nSPS) is 21.7. The van der Waals surface area contributed by atoms with Crippen molar-refractivity contribution >= 4 is 22.4 Å². The van der Waals surface area contributed by atoms with Crippen LogP contribution in [0.3, 0.4) is 0 Å². The van der Waals surface area contributed by atoms with Crippen molar-refractivity contribution in [3.8, 4) is 0 Å². The van der Waals surface area contributed by atoms with Crippen molar-refractivity contribution in [3.05, 3.63) is 10.6 Å². The lowest BCUT2D eigenvalue weighted by atomic mass is 9.82. The summed E-state index contributed by atoms with van der Waals surface area (Å²) in [6.45, 7) is 0. The minimum Gasteiger partial charge on any atom is -0.317 e. The van der Waals surface area contributed by atoms with Crippen LogP contribution >= 0.6 is 11.3 Å². The first kappa shape index (κ1) is 13.1. The van der Waals surface area contributed by atoms with Crippen molar-refractivity contribution in [1.82, 2.24) is 4.98 Å². The maximum Gasteiger partial charge on any atom is 0.246 e. The van der Waals surface area contributed by atoms with E-state index in [9.17, 15) is 4.79 Å². The molecule has 1 saturated carbocycles. The summed E-state index contributed by atoms with van der Waals surface area (Å²) in [5.74, 6) is -0.0432. The van der Waals surface area contributed by atoms with E-state index in [0.717, 1.165) is 43.7 Å². The van der Waals surface area contributed by atoms with Gasteiger partial charge in [-0.15, -0.1) is 11.3 Å². The van der Waals surface area contributed by atoms with Gasteiger partial charge in [-0.1, -0.05) is 19.3 Å². The third-order valence-corrected chi connectivity index (χ3v) is 5.34. The quantitative estimate of drug-likeness (QED) is 0.874. The molecule has 4 nitrogen and oxygen atoms in total. The number of thiazole rings is 1. The van der Waals surface area contributed by atoms with Gasteiger partial charge in [-0.2, -0.15) is 0 Å². The van der Waals surface area contributed by atoms with E-state index < -0.39 is 5.54 Å². The van der Waals surface area contributed by atoms with E-state index in [2.05, 4.69) is 10.3 Å². The number of anilines is 1. The van der Waals surface area contributed by atoms with Gasteiger partial charge >= 0.3 is 0 Å². The lowest BCUT2D eigenvalue weighted by Gasteiger charge is -2.31. The van der Waals surface area contributed by atoms with Crippen LogP contribution in [0.1, 0.15) is 55.5 Å². The largest absolute Gasteiger partial charge is 0.317 e. The Morgan fingerprint density at radius 3 is 2.63 bits per heavy atom. The van der Waals surface area contributed by atoms with Gasteiger partial charge in [0.15, 0.2) is 5.13 Å². The Morgan fingerprint density at radius 1 is 1.16 bits per heavy atom. The Morgan fingerprint density at radius 2 is 1.89 bits per heavy atom. The Hall–Kier alpha value is -0.940. The van der Waals surface area contributed by atoms with Crippen LogP contribution in [0.4, 0.5) is 5.13 Å². The lowest BCUT2D eigenvalue weighted by molar-refractivity contribution is -0.122. The molecule has 3 N–H and O–H groups in total. The SMILES string of the molecule is NC1(C(=O)Nc2nc3c(s2)CCCC3)CCCCC1. The fourth-order valence-corrected chi connectivity index (χ4v) is 4.08. The van der Waals surface area contributed by atoms with Crippen molar-refractivity contribution in [2.45, 2.75) is 63.3 Å². The molecule has 0 spiro atoms. The zero-order chi connectivity index (χ0) is 13.3. The van der Waals surface area contributed by atoms with Crippen LogP contribution in [0.2, 0.25) is 0 Å². The Kier molecular flexibility index (Phi) is 3.58. The van der Waals surface area contributed by atoms with Crippen LogP contribution < -0.4 is 11.1 Å². The van der Waals surface area contributed by atoms with E-state index in [-0.39, 0.29) is 5.91 Å². The first-order chi connectivity index (χ1) is 9.17. The topological polar surface area (TPSA) is 68.0 Å². The van der Waals surface area contributed by atoms with Gasteiger partial charge in [0, 0.05) is 4.88 Å². The number of nitrogens with one attached hydrogen (secondary N) is 1. The molecule has 0 bridgehead atoms. The molecule has 2 aliphatic rings. The zero-order valence-corrected chi connectivity index (χ0v) is 12.0.